The largest absolute Gasteiger partial charge is 0.394 e. The number of hydrogen-bond acceptors (Lipinski definition) is 3. The summed E-state index contributed by atoms with van der Waals surface area (Å²) in [4.78, 5) is 4.20. The molecule has 0 fully saturated rings. The van der Waals surface area contributed by atoms with Gasteiger partial charge in [0.2, 0.25) is 0 Å². The van der Waals surface area contributed by atoms with Gasteiger partial charge in [0.25, 0.3) is 0 Å². The Hall–Kier alpha value is -0.610. The average molecular weight is 245 g/mol. The average Bonchev–Trinajstić information content (AvgIpc) is 2.14. The van der Waals surface area contributed by atoms with Gasteiger partial charge in [0.15, 0.2) is 0 Å². The molecule has 0 unspecified atom stereocenters. The molecule has 0 spiro atoms. The van der Waals surface area contributed by atoms with E-state index in [2.05, 4.69) is 26.2 Å². The molecule has 1 aromatic rings. The highest BCUT2D eigenvalue weighted by Gasteiger charge is 2.04. The number of halogens is 1. The van der Waals surface area contributed by atoms with Crippen LogP contribution in [0.2, 0.25) is 0 Å². The van der Waals surface area contributed by atoms with Crippen LogP contribution in [0.15, 0.2) is 22.8 Å². The van der Waals surface area contributed by atoms with Crippen LogP contribution in [0.3, 0.4) is 0 Å². The second-order valence-electron chi connectivity index (χ2n) is 2.78. The summed E-state index contributed by atoms with van der Waals surface area (Å²) in [5.41, 5.74) is 0. The van der Waals surface area contributed by atoms with Gasteiger partial charge in [-0.1, -0.05) is 13.0 Å². The van der Waals surface area contributed by atoms with Crippen molar-refractivity contribution in [3.8, 4) is 0 Å². The lowest BCUT2D eigenvalue weighted by molar-refractivity contribution is 0.271. The van der Waals surface area contributed by atoms with Gasteiger partial charge in [0.05, 0.1) is 12.6 Å². The first-order chi connectivity index (χ1) is 6.26. The third-order valence-electron chi connectivity index (χ3n) is 1.78. The Kier molecular flexibility index (Phi) is 4.18. The molecule has 0 aliphatic rings. The summed E-state index contributed by atoms with van der Waals surface area (Å²) >= 11 is 3.28. The van der Waals surface area contributed by atoms with Crippen molar-refractivity contribution in [2.45, 2.75) is 19.4 Å². The molecule has 0 saturated carbocycles. The number of aliphatic hydroxyl groups is 1. The fourth-order valence-corrected chi connectivity index (χ4v) is 1.32. The minimum absolute atomic E-state index is 0.0850. The Balaban J connectivity index is 2.62. The number of aliphatic hydroxyl groups excluding tert-OH is 1. The van der Waals surface area contributed by atoms with Gasteiger partial charge in [-0.05, 0) is 34.5 Å². The molecule has 0 aliphatic heterocycles. The fraction of sp³-hybridized carbons (Fsp3) is 0.444. The monoisotopic (exact) mass is 244 g/mol. The lowest BCUT2D eigenvalue weighted by atomic mass is 10.2. The maximum absolute atomic E-state index is 8.95. The summed E-state index contributed by atoms with van der Waals surface area (Å²) < 4.78 is 0.797. The van der Waals surface area contributed by atoms with Crippen molar-refractivity contribution in [1.82, 2.24) is 4.98 Å². The predicted molar refractivity (Wildman–Crippen MR) is 56.7 cm³/mol. The van der Waals surface area contributed by atoms with Crippen LogP contribution in [0.4, 0.5) is 5.82 Å². The first-order valence-electron chi connectivity index (χ1n) is 4.26. The highest BCUT2D eigenvalue weighted by molar-refractivity contribution is 9.10. The Labute approximate surface area is 86.3 Å². The van der Waals surface area contributed by atoms with Gasteiger partial charge in [0, 0.05) is 0 Å². The minimum Gasteiger partial charge on any atom is -0.394 e. The lowest BCUT2D eigenvalue weighted by Crippen LogP contribution is -2.23. The number of pyridine rings is 1. The molecule has 1 rings (SSSR count). The molecule has 1 heterocycles. The van der Waals surface area contributed by atoms with E-state index in [4.69, 9.17) is 5.11 Å². The first-order valence-corrected chi connectivity index (χ1v) is 5.05. The Morgan fingerprint density at radius 2 is 2.38 bits per heavy atom. The second-order valence-corrected chi connectivity index (χ2v) is 3.59. The van der Waals surface area contributed by atoms with E-state index in [-0.39, 0.29) is 12.6 Å². The van der Waals surface area contributed by atoms with Gasteiger partial charge in [-0.15, -0.1) is 0 Å². The van der Waals surface area contributed by atoms with E-state index in [1.807, 2.05) is 25.1 Å². The van der Waals surface area contributed by atoms with Crippen LogP contribution in [-0.4, -0.2) is 22.7 Å². The molecule has 4 heteroatoms. The molecular formula is C9H13BrN2O. The van der Waals surface area contributed by atoms with Gasteiger partial charge in [-0.3, -0.25) is 0 Å². The summed E-state index contributed by atoms with van der Waals surface area (Å²) in [7, 11) is 0. The van der Waals surface area contributed by atoms with Gasteiger partial charge >= 0.3 is 0 Å². The van der Waals surface area contributed by atoms with Crippen molar-refractivity contribution >= 4 is 21.7 Å². The molecule has 0 radical (unpaired) electrons. The van der Waals surface area contributed by atoms with Gasteiger partial charge in [-0.2, -0.15) is 0 Å². The SMILES string of the molecule is CC[C@H](CO)Nc1cccc(Br)n1. The zero-order valence-corrected chi connectivity index (χ0v) is 9.08. The summed E-state index contributed by atoms with van der Waals surface area (Å²) in [6.07, 6.45) is 0.880. The van der Waals surface area contributed by atoms with Gasteiger partial charge < -0.3 is 10.4 Å². The van der Waals surface area contributed by atoms with E-state index in [1.54, 1.807) is 0 Å². The van der Waals surface area contributed by atoms with Crippen molar-refractivity contribution in [1.29, 1.82) is 0 Å². The Bertz CT molecular complexity index is 264. The molecular weight excluding hydrogens is 232 g/mol. The standard InChI is InChI=1S/C9H13BrN2O/c1-2-7(6-13)11-9-5-3-4-8(10)12-9/h3-5,7,13H,2,6H2,1H3,(H,11,12)/t7-/m1/s1. The van der Waals surface area contributed by atoms with Crippen LogP contribution < -0.4 is 5.32 Å². The molecule has 1 aromatic heterocycles. The number of anilines is 1. The molecule has 13 heavy (non-hydrogen) atoms. The predicted octanol–water partition coefficient (Wildman–Crippen LogP) is 2.03. The van der Waals surface area contributed by atoms with E-state index >= 15 is 0 Å². The lowest BCUT2D eigenvalue weighted by Gasteiger charge is -2.14. The second kappa shape index (κ2) is 5.19. The Morgan fingerprint density at radius 1 is 1.62 bits per heavy atom. The number of nitrogens with one attached hydrogen (secondary N) is 1. The summed E-state index contributed by atoms with van der Waals surface area (Å²) in [6.45, 7) is 2.15. The normalized spacial score (nSPS) is 12.5. The van der Waals surface area contributed by atoms with Crippen molar-refractivity contribution < 1.29 is 5.11 Å². The molecule has 1 atom stereocenters. The van der Waals surface area contributed by atoms with E-state index < -0.39 is 0 Å². The van der Waals surface area contributed by atoms with Gasteiger partial charge in [-0.25, -0.2) is 4.98 Å². The Morgan fingerprint density at radius 3 is 2.92 bits per heavy atom. The highest BCUT2D eigenvalue weighted by Crippen LogP contribution is 2.11. The molecule has 0 aromatic carbocycles. The maximum Gasteiger partial charge on any atom is 0.127 e. The summed E-state index contributed by atoms with van der Waals surface area (Å²) in [5, 5.41) is 12.1. The number of nitrogens with zero attached hydrogens (tertiary/aromatic N) is 1. The molecule has 2 N–H and O–H groups in total. The van der Waals surface area contributed by atoms with E-state index in [1.165, 1.54) is 0 Å². The molecule has 3 nitrogen and oxygen atoms in total. The molecule has 0 saturated heterocycles. The van der Waals surface area contributed by atoms with Crippen LogP contribution >= 0.6 is 15.9 Å². The van der Waals surface area contributed by atoms with Crippen molar-refractivity contribution in [2.24, 2.45) is 0 Å². The molecule has 0 bridgehead atoms. The van der Waals surface area contributed by atoms with Crippen LogP contribution in [0, 0.1) is 0 Å². The zero-order chi connectivity index (χ0) is 9.68. The molecule has 0 aliphatic carbocycles. The van der Waals surface area contributed by atoms with E-state index in [9.17, 15) is 0 Å². The van der Waals surface area contributed by atoms with Crippen molar-refractivity contribution in [2.75, 3.05) is 11.9 Å². The minimum atomic E-state index is 0.0850. The third kappa shape index (κ3) is 3.32. The fourth-order valence-electron chi connectivity index (χ4n) is 0.975. The van der Waals surface area contributed by atoms with Crippen LogP contribution in [0.5, 0.6) is 0 Å². The summed E-state index contributed by atoms with van der Waals surface area (Å²) in [5.74, 6) is 0.787. The maximum atomic E-state index is 8.95. The van der Waals surface area contributed by atoms with E-state index in [0.29, 0.717) is 0 Å². The number of hydrogen-bond donors (Lipinski definition) is 2. The highest BCUT2D eigenvalue weighted by atomic mass is 79.9. The topological polar surface area (TPSA) is 45.1 Å². The smallest absolute Gasteiger partial charge is 0.127 e. The third-order valence-corrected chi connectivity index (χ3v) is 2.22. The van der Waals surface area contributed by atoms with Crippen LogP contribution in [0.1, 0.15) is 13.3 Å². The number of rotatable bonds is 4. The van der Waals surface area contributed by atoms with Crippen LogP contribution in [0.25, 0.3) is 0 Å². The number of aromatic nitrogens is 1. The summed E-state index contributed by atoms with van der Waals surface area (Å²) in [6, 6.07) is 5.74. The van der Waals surface area contributed by atoms with E-state index in [0.717, 1.165) is 16.8 Å². The first kappa shape index (κ1) is 10.5. The van der Waals surface area contributed by atoms with Crippen LogP contribution in [-0.2, 0) is 0 Å². The van der Waals surface area contributed by atoms with Crippen molar-refractivity contribution in [3.63, 3.8) is 0 Å². The molecule has 0 amide bonds. The zero-order valence-electron chi connectivity index (χ0n) is 7.50. The van der Waals surface area contributed by atoms with Gasteiger partial charge in [0.1, 0.15) is 10.4 Å². The molecule has 72 valence electrons. The van der Waals surface area contributed by atoms with Crippen molar-refractivity contribution in [3.05, 3.63) is 22.8 Å². The quantitative estimate of drug-likeness (QED) is 0.798.